The van der Waals surface area contributed by atoms with Crippen LogP contribution in [-0.2, 0) is 4.79 Å². The van der Waals surface area contributed by atoms with Crippen LogP contribution in [-0.4, -0.2) is 54.7 Å². The van der Waals surface area contributed by atoms with Gasteiger partial charge in [-0.3, -0.25) is 4.79 Å². The van der Waals surface area contributed by atoms with Crippen molar-refractivity contribution in [2.24, 2.45) is 5.92 Å². The number of piperidine rings is 1. The van der Waals surface area contributed by atoms with Crippen LogP contribution in [0.25, 0.3) is 0 Å². The number of nitrogens with zero attached hydrogens (tertiary/aromatic N) is 2. The van der Waals surface area contributed by atoms with Crippen LogP contribution in [0.15, 0.2) is 18.2 Å². The number of hydrogen-bond donors (Lipinski definition) is 0. The highest BCUT2D eigenvalue weighted by Crippen LogP contribution is 2.36. The standard InChI is InChI=1S/C18H24F2N2OS/c1-21-7-2-3-13(12-21)18(23)22-8-6-17(24-10-9-22)15-11-14(19)4-5-16(15)20/h4-5,11,13,17H,2-3,6-10,12H2,1H3. The van der Waals surface area contributed by atoms with Crippen molar-refractivity contribution in [3.05, 3.63) is 35.4 Å². The quantitative estimate of drug-likeness (QED) is 0.814. The molecular formula is C18H24F2N2OS. The van der Waals surface area contributed by atoms with Gasteiger partial charge in [0.1, 0.15) is 11.6 Å². The fourth-order valence-electron chi connectivity index (χ4n) is 3.63. The molecule has 1 aromatic carbocycles. The normalized spacial score (nSPS) is 26.2. The second-order valence-corrected chi connectivity index (χ2v) is 8.05. The van der Waals surface area contributed by atoms with E-state index in [4.69, 9.17) is 0 Å². The summed E-state index contributed by atoms with van der Waals surface area (Å²) in [5, 5.41) is -0.0903. The molecule has 0 bridgehead atoms. The Hall–Kier alpha value is -1.14. The second kappa shape index (κ2) is 7.83. The van der Waals surface area contributed by atoms with Gasteiger partial charge in [-0.05, 0) is 51.1 Å². The molecule has 2 heterocycles. The lowest BCUT2D eigenvalue weighted by Crippen LogP contribution is -2.44. The molecule has 6 heteroatoms. The molecule has 2 aliphatic heterocycles. The highest BCUT2D eigenvalue weighted by atomic mass is 32.2. The summed E-state index contributed by atoms with van der Waals surface area (Å²) < 4.78 is 27.5. The maximum absolute atomic E-state index is 14.0. The first-order chi connectivity index (χ1) is 11.5. The van der Waals surface area contributed by atoms with Crippen molar-refractivity contribution in [1.29, 1.82) is 0 Å². The van der Waals surface area contributed by atoms with Crippen molar-refractivity contribution in [3.8, 4) is 0 Å². The average Bonchev–Trinajstić information content (AvgIpc) is 2.82. The molecule has 2 aliphatic rings. The predicted octanol–water partition coefficient (Wildman–Crippen LogP) is 3.31. The van der Waals surface area contributed by atoms with E-state index < -0.39 is 5.82 Å². The Morgan fingerprint density at radius 2 is 2.04 bits per heavy atom. The summed E-state index contributed by atoms with van der Waals surface area (Å²) >= 11 is 1.62. The zero-order chi connectivity index (χ0) is 17.1. The Morgan fingerprint density at radius 3 is 2.83 bits per heavy atom. The van der Waals surface area contributed by atoms with Gasteiger partial charge < -0.3 is 9.80 Å². The Morgan fingerprint density at radius 1 is 1.21 bits per heavy atom. The summed E-state index contributed by atoms with van der Waals surface area (Å²) in [5.41, 5.74) is 0.423. The van der Waals surface area contributed by atoms with E-state index >= 15 is 0 Å². The lowest BCUT2D eigenvalue weighted by atomic mass is 9.96. The molecule has 2 atom stereocenters. The van der Waals surface area contributed by atoms with E-state index in [1.165, 1.54) is 12.1 Å². The van der Waals surface area contributed by atoms with E-state index in [1.54, 1.807) is 11.8 Å². The number of thioether (sulfide) groups is 1. The highest BCUT2D eigenvalue weighted by molar-refractivity contribution is 7.99. The molecule has 0 spiro atoms. The number of carbonyl (C=O) groups is 1. The van der Waals surface area contributed by atoms with Gasteiger partial charge in [0, 0.05) is 36.2 Å². The largest absolute Gasteiger partial charge is 0.342 e. The third kappa shape index (κ3) is 4.09. The van der Waals surface area contributed by atoms with Crippen molar-refractivity contribution in [1.82, 2.24) is 9.80 Å². The van der Waals surface area contributed by atoms with Crippen LogP contribution < -0.4 is 0 Å². The zero-order valence-corrected chi connectivity index (χ0v) is 14.8. The van der Waals surface area contributed by atoms with Gasteiger partial charge in [-0.25, -0.2) is 8.78 Å². The minimum Gasteiger partial charge on any atom is -0.342 e. The fourth-order valence-corrected chi connectivity index (χ4v) is 4.87. The summed E-state index contributed by atoms with van der Waals surface area (Å²) in [6.45, 7) is 3.19. The maximum atomic E-state index is 14.0. The number of benzene rings is 1. The molecule has 0 N–H and O–H groups in total. The van der Waals surface area contributed by atoms with Crippen molar-refractivity contribution < 1.29 is 13.6 Å². The van der Waals surface area contributed by atoms with Crippen molar-refractivity contribution in [3.63, 3.8) is 0 Å². The average molecular weight is 354 g/mol. The van der Waals surface area contributed by atoms with E-state index in [0.29, 0.717) is 25.1 Å². The van der Waals surface area contributed by atoms with Gasteiger partial charge in [0.05, 0.1) is 5.92 Å². The molecule has 0 radical (unpaired) electrons. The van der Waals surface area contributed by atoms with Crippen LogP contribution in [0.5, 0.6) is 0 Å². The highest BCUT2D eigenvalue weighted by Gasteiger charge is 2.30. The predicted molar refractivity (Wildman–Crippen MR) is 93.0 cm³/mol. The van der Waals surface area contributed by atoms with Crippen LogP contribution >= 0.6 is 11.8 Å². The molecular weight excluding hydrogens is 330 g/mol. The van der Waals surface area contributed by atoms with Crippen LogP contribution in [0.1, 0.15) is 30.1 Å². The third-order valence-electron chi connectivity index (χ3n) is 4.93. The second-order valence-electron chi connectivity index (χ2n) is 6.74. The van der Waals surface area contributed by atoms with Gasteiger partial charge in [-0.2, -0.15) is 11.8 Å². The summed E-state index contributed by atoms with van der Waals surface area (Å²) in [6.07, 6.45) is 2.68. The van der Waals surface area contributed by atoms with Gasteiger partial charge in [-0.1, -0.05) is 0 Å². The molecule has 2 unspecified atom stereocenters. The topological polar surface area (TPSA) is 23.6 Å². The number of likely N-dealkylation sites (tertiary alicyclic amines) is 1. The molecule has 2 fully saturated rings. The summed E-state index contributed by atoms with van der Waals surface area (Å²) in [4.78, 5) is 16.9. The Balaban J connectivity index is 1.64. The lowest BCUT2D eigenvalue weighted by molar-refractivity contribution is -0.136. The lowest BCUT2D eigenvalue weighted by Gasteiger charge is -2.32. The Bertz CT molecular complexity index is 598. The van der Waals surface area contributed by atoms with Gasteiger partial charge in [-0.15, -0.1) is 0 Å². The van der Waals surface area contributed by atoms with Crippen molar-refractivity contribution in [2.75, 3.05) is 39.0 Å². The molecule has 3 nitrogen and oxygen atoms in total. The van der Waals surface area contributed by atoms with Gasteiger partial charge in [0.25, 0.3) is 0 Å². The summed E-state index contributed by atoms with van der Waals surface area (Å²) in [7, 11) is 2.06. The SMILES string of the molecule is CN1CCCC(C(=O)N2CCSC(c3cc(F)ccc3F)CC2)C1. The minimum atomic E-state index is -0.408. The Kier molecular flexibility index (Phi) is 5.76. The van der Waals surface area contributed by atoms with Crippen molar-refractivity contribution >= 4 is 17.7 Å². The molecule has 2 saturated heterocycles. The number of hydrogen-bond acceptors (Lipinski definition) is 3. The monoisotopic (exact) mass is 354 g/mol. The third-order valence-corrected chi connectivity index (χ3v) is 6.24. The smallest absolute Gasteiger partial charge is 0.227 e. The molecule has 0 aliphatic carbocycles. The molecule has 0 saturated carbocycles. The number of rotatable bonds is 2. The number of carbonyl (C=O) groups excluding carboxylic acids is 1. The number of amides is 1. The molecule has 1 aromatic rings. The van der Waals surface area contributed by atoms with Crippen molar-refractivity contribution in [2.45, 2.75) is 24.5 Å². The van der Waals surface area contributed by atoms with Crippen LogP contribution in [0.4, 0.5) is 8.78 Å². The fraction of sp³-hybridized carbons (Fsp3) is 0.611. The Labute approximate surface area is 146 Å². The molecule has 3 rings (SSSR count). The van der Waals surface area contributed by atoms with E-state index in [2.05, 4.69) is 11.9 Å². The van der Waals surface area contributed by atoms with Gasteiger partial charge >= 0.3 is 0 Å². The van der Waals surface area contributed by atoms with Gasteiger partial charge in [0.15, 0.2) is 0 Å². The zero-order valence-electron chi connectivity index (χ0n) is 14.0. The maximum Gasteiger partial charge on any atom is 0.227 e. The molecule has 0 aromatic heterocycles. The first-order valence-corrected chi connectivity index (χ1v) is 9.63. The van der Waals surface area contributed by atoms with Crippen LogP contribution in [0.3, 0.4) is 0 Å². The van der Waals surface area contributed by atoms with E-state index in [9.17, 15) is 13.6 Å². The van der Waals surface area contributed by atoms with Gasteiger partial charge in [0.2, 0.25) is 5.91 Å². The van der Waals surface area contributed by atoms with E-state index in [-0.39, 0.29) is 22.9 Å². The van der Waals surface area contributed by atoms with Crippen LogP contribution in [0.2, 0.25) is 0 Å². The number of halogens is 2. The minimum absolute atomic E-state index is 0.0798. The van der Waals surface area contributed by atoms with E-state index in [1.807, 2.05) is 4.90 Å². The van der Waals surface area contributed by atoms with Crippen LogP contribution in [0, 0.1) is 17.6 Å². The first-order valence-electron chi connectivity index (χ1n) is 8.58. The van der Waals surface area contributed by atoms with E-state index in [0.717, 1.165) is 37.8 Å². The summed E-state index contributed by atoms with van der Waals surface area (Å²) in [5.74, 6) is 0.297. The molecule has 132 valence electrons. The summed E-state index contributed by atoms with van der Waals surface area (Å²) in [6, 6.07) is 3.63. The molecule has 1 amide bonds. The molecule has 24 heavy (non-hydrogen) atoms. The first kappa shape index (κ1) is 17.7.